The van der Waals surface area contributed by atoms with Crippen LogP contribution in [0.3, 0.4) is 0 Å². The number of hydrogen-bond acceptors (Lipinski definition) is 6. The molecular formula is C14H19NO5. The fourth-order valence-corrected chi connectivity index (χ4v) is 1.41. The molecule has 0 saturated carbocycles. The molecule has 0 aliphatic heterocycles. The normalized spacial score (nSPS) is 10.3. The number of methoxy groups -OCH3 is 1. The molecule has 1 heterocycles. The van der Waals surface area contributed by atoms with Gasteiger partial charge in [0, 0.05) is 6.61 Å². The maximum atomic E-state index is 11.8. The van der Waals surface area contributed by atoms with Crippen molar-refractivity contribution in [2.24, 2.45) is 0 Å². The molecule has 0 aromatic carbocycles. The monoisotopic (exact) mass is 281 g/mol. The first-order valence-corrected chi connectivity index (χ1v) is 6.43. The zero-order valence-electron chi connectivity index (χ0n) is 11.8. The van der Waals surface area contributed by atoms with E-state index in [1.807, 2.05) is 6.92 Å². The van der Waals surface area contributed by atoms with Gasteiger partial charge >= 0.3 is 5.97 Å². The second kappa shape index (κ2) is 9.17. The number of esters is 1. The van der Waals surface area contributed by atoms with Crippen molar-refractivity contribution < 1.29 is 23.8 Å². The molecule has 0 amide bonds. The molecule has 0 N–H and O–H groups in total. The number of ether oxygens (including phenoxy) is 3. The van der Waals surface area contributed by atoms with E-state index in [1.165, 1.54) is 19.2 Å². The van der Waals surface area contributed by atoms with Crippen LogP contribution in [-0.2, 0) is 14.2 Å². The van der Waals surface area contributed by atoms with E-state index in [9.17, 15) is 9.59 Å². The third kappa shape index (κ3) is 5.46. The molecule has 6 nitrogen and oxygen atoms in total. The van der Waals surface area contributed by atoms with E-state index in [4.69, 9.17) is 9.47 Å². The number of carbonyl (C=O) groups excluding carboxylic acids is 2. The smallest absolute Gasteiger partial charge is 0.356 e. The molecule has 0 aliphatic carbocycles. The zero-order chi connectivity index (χ0) is 14.8. The Labute approximate surface area is 118 Å². The highest BCUT2D eigenvalue weighted by atomic mass is 16.5. The molecule has 0 fully saturated rings. The van der Waals surface area contributed by atoms with Crippen molar-refractivity contribution in [3.63, 3.8) is 0 Å². The summed E-state index contributed by atoms with van der Waals surface area (Å²) in [6.45, 7) is 3.41. The minimum Gasteiger partial charge on any atom is -0.464 e. The topological polar surface area (TPSA) is 74.7 Å². The quantitative estimate of drug-likeness (QED) is 0.388. The van der Waals surface area contributed by atoms with E-state index in [0.29, 0.717) is 19.8 Å². The summed E-state index contributed by atoms with van der Waals surface area (Å²) in [5.74, 6) is -0.861. The summed E-state index contributed by atoms with van der Waals surface area (Å²) in [6, 6.07) is 4.60. The molecule has 0 aliphatic rings. The Morgan fingerprint density at radius 3 is 2.50 bits per heavy atom. The minimum atomic E-state index is -0.575. The molecule has 1 rings (SSSR count). The predicted molar refractivity (Wildman–Crippen MR) is 71.8 cm³/mol. The van der Waals surface area contributed by atoms with Crippen LogP contribution in [0.15, 0.2) is 18.2 Å². The van der Waals surface area contributed by atoms with Crippen LogP contribution in [0.2, 0.25) is 0 Å². The number of pyridine rings is 1. The fourth-order valence-electron chi connectivity index (χ4n) is 1.41. The average Bonchev–Trinajstić information content (AvgIpc) is 2.49. The summed E-state index contributed by atoms with van der Waals surface area (Å²) in [5.41, 5.74) is 0.284. The Morgan fingerprint density at radius 2 is 1.80 bits per heavy atom. The van der Waals surface area contributed by atoms with Gasteiger partial charge in [0.1, 0.15) is 18.0 Å². The van der Waals surface area contributed by atoms with Crippen LogP contribution < -0.4 is 0 Å². The van der Waals surface area contributed by atoms with Crippen LogP contribution in [-0.4, -0.2) is 50.3 Å². The first-order chi connectivity index (χ1) is 9.69. The summed E-state index contributed by atoms with van der Waals surface area (Å²) in [6.07, 6.45) is 0.948. The van der Waals surface area contributed by atoms with Gasteiger partial charge < -0.3 is 14.2 Å². The van der Waals surface area contributed by atoms with Crippen LogP contribution in [0, 0.1) is 0 Å². The van der Waals surface area contributed by atoms with Crippen molar-refractivity contribution in [2.75, 3.05) is 33.5 Å². The summed E-state index contributed by atoms with van der Waals surface area (Å²) >= 11 is 0. The van der Waals surface area contributed by atoms with Crippen molar-refractivity contribution in [3.8, 4) is 0 Å². The van der Waals surface area contributed by atoms with Crippen LogP contribution in [0.1, 0.15) is 34.3 Å². The fraction of sp³-hybridized carbons (Fsp3) is 0.500. The lowest BCUT2D eigenvalue weighted by atomic mass is 10.2. The largest absolute Gasteiger partial charge is 0.464 e. The number of nitrogens with zero attached hydrogens (tertiary/aromatic N) is 1. The number of carbonyl (C=O) groups is 2. The standard InChI is InChI=1S/C14H19NO5/c1-3-7-19-8-9-20-10-13(16)11-5-4-6-12(15-11)14(17)18-2/h4-6H,3,7-10H2,1-2H3. The Balaban J connectivity index is 2.41. The van der Waals surface area contributed by atoms with E-state index in [0.717, 1.165) is 6.42 Å². The third-order valence-corrected chi connectivity index (χ3v) is 2.38. The summed E-state index contributed by atoms with van der Waals surface area (Å²) < 4.78 is 15.0. The number of ketones is 1. The Hall–Kier alpha value is -1.79. The van der Waals surface area contributed by atoms with Gasteiger partial charge in [-0.25, -0.2) is 9.78 Å². The molecule has 0 atom stereocenters. The molecule has 0 unspecified atom stereocenters. The second-order valence-electron chi connectivity index (χ2n) is 3.99. The Kier molecular flexibility index (Phi) is 7.46. The number of rotatable bonds is 9. The molecular weight excluding hydrogens is 262 g/mol. The first-order valence-electron chi connectivity index (χ1n) is 6.43. The van der Waals surface area contributed by atoms with Crippen LogP contribution in [0.25, 0.3) is 0 Å². The van der Waals surface area contributed by atoms with Gasteiger partial charge in [0.15, 0.2) is 0 Å². The molecule has 0 spiro atoms. The molecule has 110 valence electrons. The van der Waals surface area contributed by atoms with Crippen molar-refractivity contribution in [2.45, 2.75) is 13.3 Å². The molecule has 1 aromatic heterocycles. The van der Waals surface area contributed by atoms with Gasteiger partial charge in [-0.2, -0.15) is 0 Å². The maximum Gasteiger partial charge on any atom is 0.356 e. The SMILES string of the molecule is CCCOCCOCC(=O)c1cccc(C(=O)OC)n1. The lowest BCUT2D eigenvalue weighted by Crippen LogP contribution is -2.15. The molecule has 0 bridgehead atoms. The Bertz CT molecular complexity index is 447. The van der Waals surface area contributed by atoms with Gasteiger partial charge in [-0.15, -0.1) is 0 Å². The van der Waals surface area contributed by atoms with Crippen molar-refractivity contribution in [1.29, 1.82) is 0 Å². The van der Waals surface area contributed by atoms with Crippen LogP contribution in [0.4, 0.5) is 0 Å². The highest BCUT2D eigenvalue weighted by Gasteiger charge is 2.12. The van der Waals surface area contributed by atoms with Crippen molar-refractivity contribution >= 4 is 11.8 Å². The molecule has 20 heavy (non-hydrogen) atoms. The molecule has 6 heteroatoms. The van der Waals surface area contributed by atoms with E-state index < -0.39 is 5.97 Å². The third-order valence-electron chi connectivity index (χ3n) is 2.38. The lowest BCUT2D eigenvalue weighted by molar-refractivity contribution is 0.0439. The van der Waals surface area contributed by atoms with Gasteiger partial charge in [-0.05, 0) is 18.6 Å². The highest BCUT2D eigenvalue weighted by Crippen LogP contribution is 2.02. The van der Waals surface area contributed by atoms with Gasteiger partial charge in [0.05, 0.1) is 20.3 Å². The highest BCUT2D eigenvalue weighted by molar-refractivity contribution is 5.96. The van der Waals surface area contributed by atoms with Crippen LogP contribution >= 0.6 is 0 Å². The summed E-state index contributed by atoms with van der Waals surface area (Å²) in [4.78, 5) is 27.1. The van der Waals surface area contributed by atoms with Gasteiger partial charge in [-0.1, -0.05) is 13.0 Å². The summed E-state index contributed by atoms with van der Waals surface area (Å²) in [5, 5.41) is 0. The minimum absolute atomic E-state index is 0.0902. The van der Waals surface area contributed by atoms with Crippen LogP contribution in [0.5, 0.6) is 0 Å². The maximum absolute atomic E-state index is 11.8. The van der Waals surface area contributed by atoms with E-state index in [1.54, 1.807) is 6.07 Å². The van der Waals surface area contributed by atoms with Gasteiger partial charge in [0.2, 0.25) is 5.78 Å². The molecule has 0 saturated heterocycles. The van der Waals surface area contributed by atoms with E-state index in [-0.39, 0.29) is 23.8 Å². The second-order valence-corrected chi connectivity index (χ2v) is 3.99. The summed E-state index contributed by atoms with van der Waals surface area (Å²) in [7, 11) is 1.26. The number of Topliss-reactive ketones (excluding diaryl/α,β-unsaturated/α-hetero) is 1. The zero-order valence-corrected chi connectivity index (χ0v) is 11.8. The first kappa shape index (κ1) is 16.3. The van der Waals surface area contributed by atoms with Gasteiger partial charge in [-0.3, -0.25) is 4.79 Å². The van der Waals surface area contributed by atoms with E-state index in [2.05, 4.69) is 9.72 Å². The van der Waals surface area contributed by atoms with E-state index >= 15 is 0 Å². The molecule has 0 radical (unpaired) electrons. The number of aromatic nitrogens is 1. The number of hydrogen-bond donors (Lipinski definition) is 0. The molecule has 1 aromatic rings. The van der Waals surface area contributed by atoms with Gasteiger partial charge in [0.25, 0.3) is 0 Å². The van der Waals surface area contributed by atoms with Crippen molar-refractivity contribution in [1.82, 2.24) is 4.98 Å². The predicted octanol–water partition coefficient (Wildman–Crippen LogP) is 1.49. The lowest BCUT2D eigenvalue weighted by Gasteiger charge is -2.05. The Morgan fingerprint density at radius 1 is 1.10 bits per heavy atom. The average molecular weight is 281 g/mol. The van der Waals surface area contributed by atoms with Crippen molar-refractivity contribution in [3.05, 3.63) is 29.6 Å².